The molecule has 0 N–H and O–H groups in total. The van der Waals surface area contributed by atoms with Gasteiger partial charge in [0.15, 0.2) is 5.65 Å². The summed E-state index contributed by atoms with van der Waals surface area (Å²) in [6.45, 7) is 2.32. The summed E-state index contributed by atoms with van der Waals surface area (Å²) in [5.41, 5.74) is 2.93. The van der Waals surface area contributed by atoms with Crippen LogP contribution in [0.3, 0.4) is 0 Å². The Balaban J connectivity index is 1.80. The fourth-order valence-electron chi connectivity index (χ4n) is 2.49. The standard InChI is InChI=1S/C14H13N5O2S/c20-14(18-2-4-21-5-3-18)12-7-11(10-1-6-22-8-10)13-16-15-9-19(13)17-12/h1,6-9H,2-5H2. The molecule has 1 saturated heterocycles. The number of nitrogens with zero attached hydrogens (tertiary/aromatic N) is 5. The van der Waals surface area contributed by atoms with Gasteiger partial charge in [-0.2, -0.15) is 21.0 Å². The Morgan fingerprint density at radius 2 is 2.18 bits per heavy atom. The van der Waals surface area contributed by atoms with Crippen molar-refractivity contribution in [2.45, 2.75) is 0 Å². The SMILES string of the molecule is O=C(c1cc(-c2ccsc2)c2nncn2n1)N1CCOCC1. The fourth-order valence-corrected chi connectivity index (χ4v) is 3.15. The van der Waals surface area contributed by atoms with Crippen molar-refractivity contribution in [3.63, 3.8) is 0 Å². The highest BCUT2D eigenvalue weighted by atomic mass is 32.1. The molecule has 1 aliphatic rings. The van der Waals surface area contributed by atoms with E-state index in [-0.39, 0.29) is 5.91 Å². The number of rotatable bonds is 2. The van der Waals surface area contributed by atoms with Gasteiger partial charge < -0.3 is 9.64 Å². The molecule has 0 aliphatic carbocycles. The molecule has 0 saturated carbocycles. The van der Waals surface area contributed by atoms with Crippen LogP contribution in [0, 0.1) is 0 Å². The first kappa shape index (κ1) is 13.4. The lowest BCUT2D eigenvalue weighted by Gasteiger charge is -2.26. The van der Waals surface area contributed by atoms with Crippen LogP contribution >= 0.6 is 11.3 Å². The maximum absolute atomic E-state index is 12.6. The zero-order valence-electron chi connectivity index (χ0n) is 11.7. The molecule has 1 aliphatic heterocycles. The second-order valence-electron chi connectivity index (χ2n) is 4.96. The van der Waals surface area contributed by atoms with Crippen molar-refractivity contribution >= 4 is 22.9 Å². The quantitative estimate of drug-likeness (QED) is 0.713. The summed E-state index contributed by atoms with van der Waals surface area (Å²) >= 11 is 1.60. The van der Waals surface area contributed by atoms with Gasteiger partial charge in [0.1, 0.15) is 12.0 Å². The number of hydrogen-bond acceptors (Lipinski definition) is 6. The zero-order valence-corrected chi connectivity index (χ0v) is 12.5. The summed E-state index contributed by atoms with van der Waals surface area (Å²) in [5.74, 6) is -0.0876. The average molecular weight is 315 g/mol. The van der Waals surface area contributed by atoms with E-state index >= 15 is 0 Å². The van der Waals surface area contributed by atoms with Crippen LogP contribution in [0.1, 0.15) is 10.5 Å². The Labute approximate surface area is 130 Å². The van der Waals surface area contributed by atoms with Gasteiger partial charge in [0.2, 0.25) is 0 Å². The molecular weight excluding hydrogens is 302 g/mol. The maximum Gasteiger partial charge on any atom is 0.274 e. The van der Waals surface area contributed by atoms with Crippen molar-refractivity contribution in [3.05, 3.63) is 34.9 Å². The van der Waals surface area contributed by atoms with E-state index < -0.39 is 0 Å². The molecule has 4 heterocycles. The summed E-state index contributed by atoms with van der Waals surface area (Å²) in [5, 5.41) is 16.3. The smallest absolute Gasteiger partial charge is 0.274 e. The van der Waals surface area contributed by atoms with Gasteiger partial charge in [-0.1, -0.05) is 0 Å². The van der Waals surface area contributed by atoms with E-state index in [1.807, 2.05) is 16.8 Å². The molecule has 0 radical (unpaired) electrons. The topological polar surface area (TPSA) is 72.6 Å². The number of thiophene rings is 1. The second kappa shape index (κ2) is 5.47. The molecule has 1 fully saturated rings. The summed E-state index contributed by atoms with van der Waals surface area (Å²) < 4.78 is 6.84. The largest absolute Gasteiger partial charge is 0.378 e. The third-order valence-corrected chi connectivity index (χ3v) is 4.30. The minimum absolute atomic E-state index is 0.0876. The van der Waals surface area contributed by atoms with Gasteiger partial charge in [0, 0.05) is 18.7 Å². The van der Waals surface area contributed by atoms with Crippen LogP contribution in [0.4, 0.5) is 0 Å². The number of aromatic nitrogens is 4. The van der Waals surface area contributed by atoms with Crippen molar-refractivity contribution in [1.29, 1.82) is 0 Å². The molecule has 0 atom stereocenters. The lowest BCUT2D eigenvalue weighted by molar-refractivity contribution is 0.0298. The van der Waals surface area contributed by atoms with Crippen molar-refractivity contribution < 1.29 is 9.53 Å². The number of ether oxygens (including phenoxy) is 1. The van der Waals surface area contributed by atoms with E-state index in [2.05, 4.69) is 15.3 Å². The van der Waals surface area contributed by atoms with Crippen molar-refractivity contribution in [2.75, 3.05) is 26.3 Å². The first-order valence-electron chi connectivity index (χ1n) is 6.93. The Hall–Kier alpha value is -2.32. The summed E-state index contributed by atoms with van der Waals surface area (Å²) in [4.78, 5) is 14.4. The molecule has 0 unspecified atom stereocenters. The zero-order chi connectivity index (χ0) is 14.9. The Morgan fingerprint density at radius 1 is 1.32 bits per heavy atom. The van der Waals surface area contributed by atoms with Gasteiger partial charge in [-0.05, 0) is 28.5 Å². The van der Waals surface area contributed by atoms with E-state index in [0.29, 0.717) is 37.6 Å². The van der Waals surface area contributed by atoms with Gasteiger partial charge in [-0.25, -0.2) is 0 Å². The highest BCUT2D eigenvalue weighted by Crippen LogP contribution is 2.26. The van der Waals surface area contributed by atoms with Crippen LogP contribution < -0.4 is 0 Å². The molecule has 112 valence electrons. The van der Waals surface area contributed by atoms with Gasteiger partial charge >= 0.3 is 0 Å². The molecule has 0 bridgehead atoms. The summed E-state index contributed by atoms with van der Waals surface area (Å²) in [6.07, 6.45) is 1.52. The molecule has 1 amide bonds. The molecule has 4 rings (SSSR count). The van der Waals surface area contributed by atoms with Crippen molar-refractivity contribution in [3.8, 4) is 11.1 Å². The molecule has 3 aromatic heterocycles. The molecule has 7 nitrogen and oxygen atoms in total. The second-order valence-corrected chi connectivity index (χ2v) is 5.74. The van der Waals surface area contributed by atoms with Crippen molar-refractivity contribution in [2.24, 2.45) is 0 Å². The fraction of sp³-hybridized carbons (Fsp3) is 0.286. The lowest BCUT2D eigenvalue weighted by atomic mass is 10.1. The first-order chi connectivity index (χ1) is 10.8. The van der Waals surface area contributed by atoms with Gasteiger partial charge in [0.05, 0.1) is 13.2 Å². The van der Waals surface area contributed by atoms with E-state index in [1.165, 1.54) is 6.33 Å². The molecular formula is C14H13N5O2S. The molecule has 8 heteroatoms. The third kappa shape index (κ3) is 2.26. The van der Waals surface area contributed by atoms with Crippen LogP contribution in [0.5, 0.6) is 0 Å². The summed E-state index contributed by atoms with van der Waals surface area (Å²) in [7, 11) is 0. The van der Waals surface area contributed by atoms with Gasteiger partial charge in [0.25, 0.3) is 5.91 Å². The average Bonchev–Trinajstić information content (AvgIpc) is 3.25. The lowest BCUT2D eigenvalue weighted by Crippen LogP contribution is -2.41. The number of carbonyl (C=O) groups is 1. The van der Waals surface area contributed by atoms with E-state index in [1.54, 1.807) is 26.8 Å². The van der Waals surface area contributed by atoms with Crippen molar-refractivity contribution in [1.82, 2.24) is 24.7 Å². The molecule has 22 heavy (non-hydrogen) atoms. The number of hydrogen-bond donors (Lipinski definition) is 0. The Morgan fingerprint density at radius 3 is 2.95 bits per heavy atom. The third-order valence-electron chi connectivity index (χ3n) is 3.62. The predicted octanol–water partition coefficient (Wildman–Crippen LogP) is 1.33. The monoisotopic (exact) mass is 315 g/mol. The maximum atomic E-state index is 12.6. The van der Waals surface area contributed by atoms with Crippen LogP contribution in [0.15, 0.2) is 29.2 Å². The van der Waals surface area contributed by atoms with Gasteiger partial charge in [-0.15, -0.1) is 10.2 Å². The molecule has 3 aromatic rings. The number of amides is 1. The van der Waals surface area contributed by atoms with Crippen LogP contribution in [0.25, 0.3) is 16.8 Å². The first-order valence-corrected chi connectivity index (χ1v) is 7.88. The van der Waals surface area contributed by atoms with Crippen LogP contribution in [-0.2, 0) is 4.74 Å². The van der Waals surface area contributed by atoms with Crippen LogP contribution in [-0.4, -0.2) is 56.9 Å². The number of carbonyl (C=O) groups excluding carboxylic acids is 1. The minimum Gasteiger partial charge on any atom is -0.378 e. The van der Waals surface area contributed by atoms with E-state index in [4.69, 9.17) is 4.74 Å². The normalized spacial score (nSPS) is 15.4. The summed E-state index contributed by atoms with van der Waals surface area (Å²) in [6, 6.07) is 3.79. The highest BCUT2D eigenvalue weighted by Gasteiger charge is 2.22. The number of morpholine rings is 1. The molecule has 0 spiro atoms. The van der Waals surface area contributed by atoms with E-state index in [0.717, 1.165) is 11.1 Å². The van der Waals surface area contributed by atoms with E-state index in [9.17, 15) is 4.79 Å². The van der Waals surface area contributed by atoms with Crippen LogP contribution in [0.2, 0.25) is 0 Å². The number of fused-ring (bicyclic) bond motifs is 1. The minimum atomic E-state index is -0.0876. The van der Waals surface area contributed by atoms with Gasteiger partial charge in [-0.3, -0.25) is 4.79 Å². The predicted molar refractivity (Wildman–Crippen MR) is 80.8 cm³/mol. The Kier molecular flexibility index (Phi) is 3.32. The molecule has 0 aromatic carbocycles. The highest BCUT2D eigenvalue weighted by molar-refractivity contribution is 7.08. The Bertz CT molecular complexity index is 808.